The van der Waals surface area contributed by atoms with Crippen molar-refractivity contribution in [1.82, 2.24) is 9.97 Å². The Morgan fingerprint density at radius 3 is 2.63 bits per heavy atom. The summed E-state index contributed by atoms with van der Waals surface area (Å²) in [6.07, 6.45) is 3.25. The molecule has 3 aromatic rings. The fourth-order valence-electron chi connectivity index (χ4n) is 3.62. The summed E-state index contributed by atoms with van der Waals surface area (Å²) in [4.78, 5) is 23.6. The lowest BCUT2D eigenvalue weighted by atomic mass is 9.97. The molecule has 2 heterocycles. The number of piperidine rings is 1. The van der Waals surface area contributed by atoms with Gasteiger partial charge >= 0.3 is 0 Å². The van der Waals surface area contributed by atoms with E-state index in [4.69, 9.17) is 4.74 Å². The Bertz CT molecular complexity index is 1010. The second-order valence-corrected chi connectivity index (χ2v) is 7.27. The third-order valence-electron chi connectivity index (χ3n) is 5.27. The van der Waals surface area contributed by atoms with Crippen molar-refractivity contribution < 1.29 is 13.9 Å². The number of hydrogen-bond donors (Lipinski definition) is 1. The first-order valence-electron chi connectivity index (χ1n) is 9.90. The van der Waals surface area contributed by atoms with Crippen LogP contribution < -0.4 is 15.0 Å². The van der Waals surface area contributed by atoms with Crippen molar-refractivity contribution in [3.8, 4) is 17.0 Å². The van der Waals surface area contributed by atoms with E-state index in [1.165, 1.54) is 12.1 Å². The highest BCUT2D eigenvalue weighted by Gasteiger charge is 2.27. The van der Waals surface area contributed by atoms with Gasteiger partial charge < -0.3 is 15.0 Å². The second kappa shape index (κ2) is 8.90. The van der Waals surface area contributed by atoms with Gasteiger partial charge in [-0.2, -0.15) is 0 Å². The number of rotatable bonds is 5. The van der Waals surface area contributed by atoms with Crippen LogP contribution in [0.15, 0.2) is 60.9 Å². The van der Waals surface area contributed by atoms with Gasteiger partial charge in [-0.05, 0) is 61.4 Å². The van der Waals surface area contributed by atoms with Crippen LogP contribution in [-0.2, 0) is 4.79 Å². The SMILES string of the molecule is COc1ccc(-c2cc(N3CCCC(C(=O)Nc4ccc(F)cc4)C3)ncn2)cc1. The highest BCUT2D eigenvalue weighted by molar-refractivity contribution is 5.93. The monoisotopic (exact) mass is 406 g/mol. The molecule has 1 N–H and O–H groups in total. The van der Waals surface area contributed by atoms with E-state index in [-0.39, 0.29) is 17.6 Å². The van der Waals surface area contributed by atoms with Gasteiger partial charge in [-0.3, -0.25) is 4.79 Å². The molecule has 154 valence electrons. The molecular weight excluding hydrogens is 383 g/mol. The van der Waals surface area contributed by atoms with E-state index in [2.05, 4.69) is 20.2 Å². The summed E-state index contributed by atoms with van der Waals surface area (Å²) in [5.41, 5.74) is 2.39. The number of methoxy groups -OCH3 is 1. The van der Waals surface area contributed by atoms with Crippen LogP contribution >= 0.6 is 0 Å². The lowest BCUT2D eigenvalue weighted by Gasteiger charge is -2.33. The summed E-state index contributed by atoms with van der Waals surface area (Å²) in [5.74, 6) is 1.04. The van der Waals surface area contributed by atoms with Crippen LogP contribution in [0, 0.1) is 11.7 Å². The standard InChI is InChI=1S/C23H23FN4O2/c1-30-20-10-4-16(5-11-20)21-13-22(26-15-25-21)28-12-2-3-17(14-28)23(29)27-19-8-6-18(24)7-9-19/h4-11,13,15,17H,2-3,12,14H2,1H3,(H,27,29). The van der Waals surface area contributed by atoms with Crippen molar-refractivity contribution in [2.75, 3.05) is 30.4 Å². The fourth-order valence-corrected chi connectivity index (χ4v) is 3.62. The van der Waals surface area contributed by atoms with E-state index in [1.54, 1.807) is 25.6 Å². The smallest absolute Gasteiger partial charge is 0.229 e. The number of benzene rings is 2. The molecule has 0 spiro atoms. The number of hydrogen-bond acceptors (Lipinski definition) is 5. The van der Waals surface area contributed by atoms with Crippen LogP contribution in [0.3, 0.4) is 0 Å². The number of carbonyl (C=O) groups excluding carboxylic acids is 1. The number of amides is 1. The molecule has 30 heavy (non-hydrogen) atoms. The summed E-state index contributed by atoms with van der Waals surface area (Å²) in [5, 5.41) is 2.88. The van der Waals surface area contributed by atoms with Gasteiger partial charge in [-0.15, -0.1) is 0 Å². The predicted octanol–water partition coefficient (Wildman–Crippen LogP) is 4.15. The Balaban J connectivity index is 1.46. The zero-order valence-corrected chi connectivity index (χ0v) is 16.7. The summed E-state index contributed by atoms with van der Waals surface area (Å²) in [7, 11) is 1.64. The number of nitrogens with zero attached hydrogens (tertiary/aromatic N) is 3. The Morgan fingerprint density at radius 2 is 1.90 bits per heavy atom. The number of aromatic nitrogens is 2. The van der Waals surface area contributed by atoms with Crippen molar-refractivity contribution in [3.05, 3.63) is 66.7 Å². The summed E-state index contributed by atoms with van der Waals surface area (Å²) < 4.78 is 18.3. The van der Waals surface area contributed by atoms with Crippen LogP contribution in [0.25, 0.3) is 11.3 Å². The molecule has 1 aliphatic heterocycles. The average molecular weight is 406 g/mol. The molecule has 7 heteroatoms. The molecular formula is C23H23FN4O2. The molecule has 4 rings (SSSR count). The maximum absolute atomic E-state index is 13.1. The molecule has 6 nitrogen and oxygen atoms in total. The Labute approximate surface area is 174 Å². The number of anilines is 2. The van der Waals surface area contributed by atoms with E-state index in [0.717, 1.165) is 42.2 Å². The van der Waals surface area contributed by atoms with Crippen LogP contribution in [0.2, 0.25) is 0 Å². The molecule has 0 radical (unpaired) electrons. The van der Waals surface area contributed by atoms with E-state index in [1.807, 2.05) is 30.3 Å². The minimum atomic E-state index is -0.326. The summed E-state index contributed by atoms with van der Waals surface area (Å²) in [6, 6.07) is 15.5. The van der Waals surface area contributed by atoms with Crippen LogP contribution in [0.5, 0.6) is 5.75 Å². The summed E-state index contributed by atoms with van der Waals surface area (Å²) >= 11 is 0. The molecule has 2 aromatic carbocycles. The zero-order valence-electron chi connectivity index (χ0n) is 16.7. The predicted molar refractivity (Wildman–Crippen MR) is 114 cm³/mol. The minimum absolute atomic E-state index is 0.0595. The third kappa shape index (κ3) is 4.56. The zero-order chi connectivity index (χ0) is 20.9. The lowest BCUT2D eigenvalue weighted by molar-refractivity contribution is -0.120. The molecule has 1 aromatic heterocycles. The first-order valence-corrected chi connectivity index (χ1v) is 9.90. The van der Waals surface area contributed by atoms with Gasteiger partial charge in [0.1, 0.15) is 23.7 Å². The fraction of sp³-hybridized carbons (Fsp3) is 0.261. The molecule has 0 aliphatic carbocycles. The second-order valence-electron chi connectivity index (χ2n) is 7.27. The number of carbonyl (C=O) groups is 1. The molecule has 1 amide bonds. The van der Waals surface area contributed by atoms with Gasteiger partial charge in [0.25, 0.3) is 0 Å². The number of nitrogens with one attached hydrogen (secondary N) is 1. The van der Waals surface area contributed by atoms with Gasteiger partial charge in [-0.1, -0.05) is 0 Å². The molecule has 1 aliphatic rings. The highest BCUT2D eigenvalue weighted by atomic mass is 19.1. The quantitative estimate of drug-likeness (QED) is 0.690. The maximum atomic E-state index is 13.1. The lowest BCUT2D eigenvalue weighted by Crippen LogP contribution is -2.41. The first-order chi connectivity index (χ1) is 14.6. The van der Waals surface area contributed by atoms with Crippen molar-refractivity contribution >= 4 is 17.4 Å². The van der Waals surface area contributed by atoms with Crippen molar-refractivity contribution in [2.24, 2.45) is 5.92 Å². The average Bonchev–Trinajstić information content (AvgIpc) is 2.81. The Morgan fingerprint density at radius 1 is 1.13 bits per heavy atom. The van der Waals surface area contributed by atoms with Crippen molar-refractivity contribution in [1.29, 1.82) is 0 Å². The number of ether oxygens (including phenoxy) is 1. The van der Waals surface area contributed by atoms with Crippen LogP contribution in [-0.4, -0.2) is 36.1 Å². The van der Waals surface area contributed by atoms with E-state index in [9.17, 15) is 9.18 Å². The molecule has 1 atom stereocenters. The van der Waals surface area contributed by atoms with E-state index in [0.29, 0.717) is 12.2 Å². The first kappa shape index (κ1) is 19.8. The largest absolute Gasteiger partial charge is 0.497 e. The van der Waals surface area contributed by atoms with E-state index < -0.39 is 0 Å². The van der Waals surface area contributed by atoms with Crippen molar-refractivity contribution in [2.45, 2.75) is 12.8 Å². The maximum Gasteiger partial charge on any atom is 0.229 e. The third-order valence-corrected chi connectivity index (χ3v) is 5.27. The summed E-state index contributed by atoms with van der Waals surface area (Å²) in [6.45, 7) is 1.41. The topological polar surface area (TPSA) is 67.3 Å². The Kier molecular flexibility index (Phi) is 5.88. The molecule has 1 saturated heterocycles. The van der Waals surface area contributed by atoms with Gasteiger partial charge in [0.05, 0.1) is 18.7 Å². The van der Waals surface area contributed by atoms with Crippen LogP contribution in [0.4, 0.5) is 15.9 Å². The van der Waals surface area contributed by atoms with Gasteiger partial charge in [0.15, 0.2) is 0 Å². The van der Waals surface area contributed by atoms with E-state index >= 15 is 0 Å². The van der Waals surface area contributed by atoms with Crippen molar-refractivity contribution in [3.63, 3.8) is 0 Å². The molecule has 1 unspecified atom stereocenters. The number of halogens is 1. The highest BCUT2D eigenvalue weighted by Crippen LogP contribution is 2.26. The molecule has 1 fully saturated rings. The normalized spacial score (nSPS) is 16.2. The minimum Gasteiger partial charge on any atom is -0.497 e. The van der Waals surface area contributed by atoms with Gasteiger partial charge in [-0.25, -0.2) is 14.4 Å². The molecule has 0 bridgehead atoms. The Hall–Kier alpha value is -3.48. The van der Waals surface area contributed by atoms with Gasteiger partial charge in [0.2, 0.25) is 5.91 Å². The molecule has 0 saturated carbocycles. The van der Waals surface area contributed by atoms with Crippen LogP contribution in [0.1, 0.15) is 12.8 Å². The van der Waals surface area contributed by atoms with Gasteiger partial charge in [0, 0.05) is 30.4 Å².